The van der Waals surface area contributed by atoms with E-state index in [1.54, 1.807) is 12.4 Å². The third-order valence-electron chi connectivity index (χ3n) is 5.34. The smallest absolute Gasteiger partial charge is 0.256 e. The molecule has 0 saturated carbocycles. The van der Waals surface area contributed by atoms with Gasteiger partial charge in [0.05, 0.1) is 40.2 Å². The number of pyridine rings is 1. The van der Waals surface area contributed by atoms with Crippen LogP contribution in [0.4, 0.5) is 5.69 Å². The van der Waals surface area contributed by atoms with Crippen molar-refractivity contribution in [2.45, 2.75) is 20.0 Å². The molecule has 33 heavy (non-hydrogen) atoms. The SMILES string of the molecule is CCn1cc(-c2cc(C(=O)Nc3cccc(Cn4cc(Br)cn4)c3)c3ccccc3n2)cn1. The van der Waals surface area contributed by atoms with Crippen LogP contribution in [-0.4, -0.2) is 30.5 Å². The normalized spacial score (nSPS) is 11.1. The summed E-state index contributed by atoms with van der Waals surface area (Å²) in [4.78, 5) is 18.1. The van der Waals surface area contributed by atoms with Crippen LogP contribution >= 0.6 is 15.9 Å². The third-order valence-corrected chi connectivity index (χ3v) is 5.75. The molecule has 5 rings (SSSR count). The fourth-order valence-corrected chi connectivity index (χ4v) is 4.07. The fourth-order valence-electron chi connectivity index (χ4n) is 3.74. The van der Waals surface area contributed by atoms with Gasteiger partial charge >= 0.3 is 0 Å². The number of fused-ring (bicyclic) bond motifs is 1. The van der Waals surface area contributed by atoms with Crippen molar-refractivity contribution >= 4 is 38.4 Å². The number of rotatable bonds is 6. The highest BCUT2D eigenvalue weighted by atomic mass is 79.9. The maximum Gasteiger partial charge on any atom is 0.256 e. The molecule has 0 atom stereocenters. The lowest BCUT2D eigenvalue weighted by Crippen LogP contribution is -2.13. The van der Waals surface area contributed by atoms with Gasteiger partial charge < -0.3 is 5.32 Å². The third kappa shape index (κ3) is 4.56. The van der Waals surface area contributed by atoms with Gasteiger partial charge in [0, 0.05) is 35.6 Å². The number of anilines is 1. The number of nitrogens with one attached hydrogen (secondary N) is 1. The van der Waals surface area contributed by atoms with Crippen molar-refractivity contribution in [1.82, 2.24) is 24.5 Å². The van der Waals surface area contributed by atoms with Crippen molar-refractivity contribution in [3.8, 4) is 11.3 Å². The van der Waals surface area contributed by atoms with Gasteiger partial charge in [0.2, 0.25) is 0 Å². The molecule has 0 aliphatic carbocycles. The summed E-state index contributed by atoms with van der Waals surface area (Å²) in [7, 11) is 0. The molecule has 0 bridgehead atoms. The molecule has 5 aromatic rings. The van der Waals surface area contributed by atoms with Gasteiger partial charge in [0.25, 0.3) is 5.91 Å². The standard InChI is InChI=1S/C25H21BrN6O/c1-2-31-15-18(12-27-31)24-11-22(21-8-3-4-9-23(21)30-24)25(33)29-20-7-5-6-17(10-20)14-32-16-19(26)13-28-32/h3-13,15-16H,2,14H2,1H3,(H,29,33). The molecule has 0 fully saturated rings. The molecule has 0 radical (unpaired) electrons. The lowest BCUT2D eigenvalue weighted by atomic mass is 10.0. The molecule has 2 aromatic carbocycles. The highest BCUT2D eigenvalue weighted by Gasteiger charge is 2.15. The number of halogens is 1. The van der Waals surface area contributed by atoms with Crippen LogP contribution in [0.5, 0.6) is 0 Å². The molecule has 8 heteroatoms. The van der Waals surface area contributed by atoms with Crippen molar-refractivity contribution in [2.75, 3.05) is 5.32 Å². The molecule has 0 unspecified atom stereocenters. The number of hydrogen-bond acceptors (Lipinski definition) is 4. The van der Waals surface area contributed by atoms with E-state index in [2.05, 4.69) is 31.4 Å². The Balaban J connectivity index is 1.46. The minimum Gasteiger partial charge on any atom is -0.322 e. The Kier molecular flexibility index (Phi) is 5.75. The molecule has 0 aliphatic rings. The maximum absolute atomic E-state index is 13.4. The number of benzene rings is 2. The molecule has 3 heterocycles. The fraction of sp³-hybridized carbons (Fsp3) is 0.120. The first-order chi connectivity index (χ1) is 16.1. The molecule has 0 spiro atoms. The van der Waals surface area contributed by atoms with E-state index in [-0.39, 0.29) is 5.91 Å². The van der Waals surface area contributed by atoms with Crippen LogP contribution in [0.25, 0.3) is 22.2 Å². The first-order valence-electron chi connectivity index (χ1n) is 10.6. The molecular formula is C25H21BrN6O. The number of nitrogens with zero attached hydrogens (tertiary/aromatic N) is 5. The molecule has 164 valence electrons. The number of para-hydroxylation sites is 1. The lowest BCUT2D eigenvalue weighted by molar-refractivity contribution is 0.102. The van der Waals surface area contributed by atoms with Gasteiger partial charge in [-0.2, -0.15) is 10.2 Å². The van der Waals surface area contributed by atoms with Crippen molar-refractivity contribution in [3.63, 3.8) is 0 Å². The maximum atomic E-state index is 13.4. The Bertz CT molecular complexity index is 1450. The number of amides is 1. The quantitative estimate of drug-likeness (QED) is 0.339. The van der Waals surface area contributed by atoms with Gasteiger partial charge in [-0.3, -0.25) is 14.2 Å². The van der Waals surface area contributed by atoms with Crippen LogP contribution in [0.2, 0.25) is 0 Å². The van der Waals surface area contributed by atoms with Gasteiger partial charge in [0.15, 0.2) is 0 Å². The highest BCUT2D eigenvalue weighted by Crippen LogP contribution is 2.26. The summed E-state index contributed by atoms with van der Waals surface area (Å²) in [5, 5.41) is 12.5. The van der Waals surface area contributed by atoms with E-state index in [0.29, 0.717) is 12.1 Å². The largest absolute Gasteiger partial charge is 0.322 e. The number of carbonyl (C=O) groups is 1. The van der Waals surface area contributed by atoms with Gasteiger partial charge in [-0.25, -0.2) is 4.98 Å². The summed E-state index contributed by atoms with van der Waals surface area (Å²) < 4.78 is 4.61. The Morgan fingerprint density at radius 1 is 1.00 bits per heavy atom. The van der Waals surface area contributed by atoms with E-state index >= 15 is 0 Å². The van der Waals surface area contributed by atoms with Crippen LogP contribution < -0.4 is 5.32 Å². The average molecular weight is 501 g/mol. The lowest BCUT2D eigenvalue weighted by Gasteiger charge is -2.11. The van der Waals surface area contributed by atoms with E-state index in [4.69, 9.17) is 4.98 Å². The second-order valence-corrected chi connectivity index (χ2v) is 8.58. The zero-order valence-corrected chi connectivity index (χ0v) is 19.5. The summed E-state index contributed by atoms with van der Waals surface area (Å²) >= 11 is 3.42. The predicted molar refractivity (Wildman–Crippen MR) is 132 cm³/mol. The van der Waals surface area contributed by atoms with Crippen LogP contribution in [0.3, 0.4) is 0 Å². The molecular weight excluding hydrogens is 480 g/mol. The highest BCUT2D eigenvalue weighted by molar-refractivity contribution is 9.10. The summed E-state index contributed by atoms with van der Waals surface area (Å²) in [5.74, 6) is -0.184. The second-order valence-electron chi connectivity index (χ2n) is 7.67. The Labute approximate surface area is 199 Å². The van der Waals surface area contributed by atoms with Crippen molar-refractivity contribution in [3.05, 3.63) is 95.0 Å². The minimum atomic E-state index is -0.184. The average Bonchev–Trinajstić information content (AvgIpc) is 3.47. The van der Waals surface area contributed by atoms with Gasteiger partial charge in [0.1, 0.15) is 0 Å². The molecule has 1 amide bonds. The molecule has 0 saturated heterocycles. The van der Waals surface area contributed by atoms with Gasteiger partial charge in [-0.1, -0.05) is 30.3 Å². The number of hydrogen-bond donors (Lipinski definition) is 1. The monoisotopic (exact) mass is 500 g/mol. The zero-order valence-electron chi connectivity index (χ0n) is 17.9. The van der Waals surface area contributed by atoms with E-state index in [1.165, 1.54) is 0 Å². The second kappa shape index (κ2) is 8.99. The van der Waals surface area contributed by atoms with Gasteiger partial charge in [-0.15, -0.1) is 0 Å². The van der Waals surface area contributed by atoms with E-state index in [1.807, 2.05) is 83.3 Å². The van der Waals surface area contributed by atoms with Crippen LogP contribution in [0.15, 0.2) is 83.9 Å². The molecule has 3 aromatic heterocycles. The molecule has 7 nitrogen and oxygen atoms in total. The molecule has 1 N–H and O–H groups in total. The van der Waals surface area contributed by atoms with E-state index in [9.17, 15) is 4.79 Å². The number of aromatic nitrogens is 5. The minimum absolute atomic E-state index is 0.184. The van der Waals surface area contributed by atoms with Crippen molar-refractivity contribution in [2.24, 2.45) is 0 Å². The summed E-state index contributed by atoms with van der Waals surface area (Å²) in [5.41, 5.74) is 4.70. The van der Waals surface area contributed by atoms with Crippen molar-refractivity contribution < 1.29 is 4.79 Å². The Hall–Kier alpha value is -3.78. The van der Waals surface area contributed by atoms with Crippen molar-refractivity contribution in [1.29, 1.82) is 0 Å². The summed E-state index contributed by atoms with van der Waals surface area (Å²) in [6.45, 7) is 3.41. The van der Waals surface area contributed by atoms with Crippen LogP contribution in [0, 0.1) is 0 Å². The predicted octanol–water partition coefficient (Wildman–Crippen LogP) is 5.38. The van der Waals surface area contributed by atoms with E-state index < -0.39 is 0 Å². The summed E-state index contributed by atoms with van der Waals surface area (Å²) in [6, 6.07) is 17.3. The number of aryl methyl sites for hydroxylation is 1. The van der Waals surface area contributed by atoms with Gasteiger partial charge in [-0.05, 0) is 52.7 Å². The van der Waals surface area contributed by atoms with Crippen LogP contribution in [0.1, 0.15) is 22.8 Å². The first kappa shape index (κ1) is 21.1. The Morgan fingerprint density at radius 3 is 2.64 bits per heavy atom. The topological polar surface area (TPSA) is 77.6 Å². The Morgan fingerprint density at radius 2 is 1.85 bits per heavy atom. The summed E-state index contributed by atoms with van der Waals surface area (Å²) in [6.07, 6.45) is 7.38. The molecule has 0 aliphatic heterocycles. The first-order valence-corrected chi connectivity index (χ1v) is 11.4. The van der Waals surface area contributed by atoms with Crippen LogP contribution in [-0.2, 0) is 13.1 Å². The van der Waals surface area contributed by atoms with E-state index in [0.717, 1.165) is 44.4 Å². The number of carbonyl (C=O) groups excluding carboxylic acids is 1. The zero-order chi connectivity index (χ0) is 22.8.